The second-order valence-corrected chi connectivity index (χ2v) is 18.8. The van der Waals surface area contributed by atoms with Crippen molar-refractivity contribution in [3.05, 3.63) is 0 Å². The molecule has 0 amide bonds. The van der Waals surface area contributed by atoms with Gasteiger partial charge in [0.15, 0.2) is 16.6 Å². The number of rotatable bonds is 5. The van der Waals surface area contributed by atoms with Crippen molar-refractivity contribution in [2.45, 2.75) is 90.1 Å². The molecule has 0 aromatic heterocycles. The van der Waals surface area contributed by atoms with Crippen molar-refractivity contribution >= 4 is 16.6 Å². The molecule has 0 aromatic carbocycles. The van der Waals surface area contributed by atoms with Crippen LogP contribution in [0, 0.1) is 5.92 Å². The molecule has 24 heavy (non-hydrogen) atoms. The first-order valence-electron chi connectivity index (χ1n) is 10.3. The molecule has 0 N–H and O–H groups in total. The fourth-order valence-corrected chi connectivity index (χ4v) is 13.1. The summed E-state index contributed by atoms with van der Waals surface area (Å²) in [6.45, 7) is 14.3. The van der Waals surface area contributed by atoms with Crippen molar-refractivity contribution in [3.8, 4) is 0 Å². The molecule has 0 spiro atoms. The van der Waals surface area contributed by atoms with Gasteiger partial charge in [0.1, 0.15) is 0 Å². The van der Waals surface area contributed by atoms with Gasteiger partial charge >= 0.3 is 0 Å². The molecule has 1 saturated carbocycles. The van der Waals surface area contributed by atoms with Crippen molar-refractivity contribution in [1.29, 1.82) is 0 Å². The van der Waals surface area contributed by atoms with E-state index < -0.39 is 16.6 Å². The van der Waals surface area contributed by atoms with E-state index in [2.05, 4.69) is 49.6 Å². The van der Waals surface area contributed by atoms with Crippen molar-refractivity contribution in [3.63, 3.8) is 0 Å². The van der Waals surface area contributed by atoms with Crippen LogP contribution in [0.3, 0.4) is 0 Å². The fourth-order valence-electron chi connectivity index (χ4n) is 4.92. The predicted molar refractivity (Wildman–Crippen MR) is 110 cm³/mol. The molecule has 2 aliphatic rings. The van der Waals surface area contributed by atoms with Gasteiger partial charge in [-0.3, -0.25) is 9.80 Å². The van der Waals surface area contributed by atoms with Gasteiger partial charge in [0.2, 0.25) is 0 Å². The zero-order valence-electron chi connectivity index (χ0n) is 17.2. The molecular weight excluding hydrogens is 328 g/mol. The highest BCUT2D eigenvalue weighted by Gasteiger charge is 2.39. The maximum Gasteiger partial charge on any atom is 0.187 e. The Balaban J connectivity index is 2.01. The highest BCUT2D eigenvalue weighted by atomic mass is 28.4. The Morgan fingerprint density at radius 3 is 1.96 bits per heavy atom. The molecule has 1 aliphatic heterocycles. The molecule has 1 unspecified atom stereocenters. The minimum Gasteiger partial charge on any atom is -0.455 e. The topological polar surface area (TPSA) is 15.7 Å². The van der Waals surface area contributed by atoms with E-state index in [1.165, 1.54) is 64.1 Å². The summed E-state index contributed by atoms with van der Waals surface area (Å²) in [6, 6.07) is 0.769. The van der Waals surface area contributed by atoms with E-state index in [4.69, 9.17) is 4.12 Å². The lowest BCUT2D eigenvalue weighted by molar-refractivity contribution is 0.190. The lowest BCUT2D eigenvalue weighted by atomic mass is 9.89. The number of hydrogen-bond donors (Lipinski definition) is 0. The Kier molecular flexibility index (Phi) is 7.56. The summed E-state index contributed by atoms with van der Waals surface area (Å²) in [5.41, 5.74) is 0. The summed E-state index contributed by atoms with van der Waals surface area (Å²) in [7, 11) is -0.752. The smallest absolute Gasteiger partial charge is 0.187 e. The van der Waals surface area contributed by atoms with Crippen LogP contribution in [0.5, 0.6) is 0 Å². The van der Waals surface area contributed by atoms with Crippen molar-refractivity contribution in [2.24, 2.45) is 5.92 Å². The largest absolute Gasteiger partial charge is 0.455 e. The second kappa shape index (κ2) is 8.80. The number of likely N-dealkylation sites (N-methyl/N-ethyl adjacent to an activating group) is 1. The molecule has 0 bridgehead atoms. The van der Waals surface area contributed by atoms with E-state index in [0.717, 1.165) is 18.6 Å². The predicted octanol–water partition coefficient (Wildman–Crippen LogP) is 4.91. The monoisotopic (exact) mass is 370 g/mol. The van der Waals surface area contributed by atoms with Crippen molar-refractivity contribution in [2.75, 3.05) is 26.4 Å². The first-order chi connectivity index (χ1) is 11.2. The molecule has 1 atom stereocenters. The molecule has 0 radical (unpaired) electrons. The van der Waals surface area contributed by atoms with E-state index in [1.807, 2.05) is 0 Å². The van der Waals surface area contributed by atoms with E-state index in [9.17, 15) is 0 Å². The maximum atomic E-state index is 6.64. The van der Waals surface area contributed by atoms with Gasteiger partial charge in [-0.25, -0.2) is 0 Å². The molecule has 1 heterocycles. The lowest BCUT2D eigenvalue weighted by Crippen LogP contribution is -2.53. The minimum atomic E-state index is -1.61. The SMILES string of the molecule is CN1CC(C2CCCCCCCC2)N(C[Si](C)(C)O[Si](C)(C)C)C1. The van der Waals surface area contributed by atoms with Crippen molar-refractivity contribution in [1.82, 2.24) is 9.80 Å². The van der Waals surface area contributed by atoms with Gasteiger partial charge in [-0.2, -0.15) is 0 Å². The molecule has 1 aliphatic carbocycles. The highest BCUT2D eigenvalue weighted by molar-refractivity contribution is 6.84. The zero-order chi connectivity index (χ0) is 17.8. The summed E-state index contributed by atoms with van der Waals surface area (Å²) in [5, 5.41) is 0. The molecule has 142 valence electrons. The Hall–Kier alpha value is 0.314. The first-order valence-corrected chi connectivity index (χ1v) is 16.8. The van der Waals surface area contributed by atoms with Gasteiger partial charge in [0.25, 0.3) is 0 Å². The van der Waals surface area contributed by atoms with Crippen LogP contribution in [0.4, 0.5) is 0 Å². The molecule has 3 nitrogen and oxygen atoms in total. The maximum absolute atomic E-state index is 6.64. The Morgan fingerprint density at radius 1 is 0.875 bits per heavy atom. The lowest BCUT2D eigenvalue weighted by Gasteiger charge is -2.38. The first kappa shape index (κ1) is 20.6. The van der Waals surface area contributed by atoms with Crippen molar-refractivity contribution < 1.29 is 4.12 Å². The van der Waals surface area contributed by atoms with Gasteiger partial charge in [-0.1, -0.05) is 38.5 Å². The van der Waals surface area contributed by atoms with Crippen LogP contribution in [-0.2, 0) is 4.12 Å². The van der Waals surface area contributed by atoms with Gasteiger partial charge in [-0.05, 0) is 58.5 Å². The third kappa shape index (κ3) is 6.91. The van der Waals surface area contributed by atoms with E-state index in [0.29, 0.717) is 0 Å². The molecule has 1 saturated heterocycles. The number of hydrogen-bond acceptors (Lipinski definition) is 3. The van der Waals surface area contributed by atoms with Crippen LogP contribution < -0.4 is 0 Å². The van der Waals surface area contributed by atoms with Gasteiger partial charge in [-0.15, -0.1) is 0 Å². The third-order valence-corrected chi connectivity index (χ3v) is 11.3. The summed E-state index contributed by atoms with van der Waals surface area (Å²) in [4.78, 5) is 5.34. The van der Waals surface area contributed by atoms with Gasteiger partial charge < -0.3 is 4.12 Å². The van der Waals surface area contributed by atoms with E-state index in [-0.39, 0.29) is 0 Å². The van der Waals surface area contributed by atoms with Crippen LogP contribution in [0.1, 0.15) is 51.4 Å². The zero-order valence-corrected chi connectivity index (χ0v) is 19.2. The Bertz CT molecular complexity index is 374. The van der Waals surface area contributed by atoms with Gasteiger partial charge in [0, 0.05) is 18.8 Å². The second-order valence-electron chi connectivity index (χ2n) is 9.93. The number of nitrogens with zero attached hydrogens (tertiary/aromatic N) is 2. The minimum absolute atomic E-state index is 0.769. The summed E-state index contributed by atoms with van der Waals surface area (Å²) in [5.74, 6) is 0.907. The summed E-state index contributed by atoms with van der Waals surface area (Å²) in [6.07, 6.45) is 12.8. The van der Waals surface area contributed by atoms with Crippen LogP contribution >= 0.6 is 0 Å². The quantitative estimate of drug-likeness (QED) is 0.640. The van der Waals surface area contributed by atoms with Crippen LogP contribution in [-0.4, -0.2) is 58.9 Å². The summed E-state index contributed by atoms with van der Waals surface area (Å²) >= 11 is 0. The molecule has 5 heteroatoms. The molecule has 2 fully saturated rings. The Morgan fingerprint density at radius 2 is 1.42 bits per heavy atom. The van der Waals surface area contributed by atoms with E-state index in [1.54, 1.807) is 0 Å². The average molecular weight is 371 g/mol. The molecule has 2 rings (SSSR count). The van der Waals surface area contributed by atoms with E-state index >= 15 is 0 Å². The molecular formula is C19H42N2OSi2. The standard InChI is InChI=1S/C19H42N2OSi2/c1-20-15-19(18-13-11-9-7-8-10-12-14-18)21(16-20)17-24(5,6)22-23(2,3)4/h18-19H,7-17H2,1-6H3. The van der Waals surface area contributed by atoms with Gasteiger partial charge in [0.05, 0.1) is 6.67 Å². The van der Waals surface area contributed by atoms with Crippen LogP contribution in [0.2, 0.25) is 32.7 Å². The third-order valence-electron chi connectivity index (χ3n) is 5.50. The molecule has 0 aromatic rings. The summed E-state index contributed by atoms with van der Waals surface area (Å²) < 4.78 is 6.64. The Labute approximate surface area is 153 Å². The highest BCUT2D eigenvalue weighted by Crippen LogP contribution is 2.31. The average Bonchev–Trinajstić information content (AvgIpc) is 2.81. The fraction of sp³-hybridized carbons (Fsp3) is 1.00. The normalized spacial score (nSPS) is 27.0. The van der Waals surface area contributed by atoms with Crippen LogP contribution in [0.15, 0.2) is 0 Å². The van der Waals surface area contributed by atoms with Crippen LogP contribution in [0.25, 0.3) is 0 Å².